The van der Waals surface area contributed by atoms with Crippen LogP contribution in [0.2, 0.25) is 0 Å². The van der Waals surface area contributed by atoms with Crippen LogP contribution < -0.4 is 21.3 Å². The normalized spacial score (nSPS) is 10.3. The monoisotopic (exact) mass is 382 g/mol. The van der Waals surface area contributed by atoms with E-state index in [4.69, 9.17) is 0 Å². The van der Waals surface area contributed by atoms with Gasteiger partial charge in [0.2, 0.25) is 11.8 Å². The van der Waals surface area contributed by atoms with Gasteiger partial charge in [0.15, 0.2) is 0 Å². The highest BCUT2D eigenvalue weighted by atomic mass is 16.2. The number of carbonyl (C=O) groups excluding carboxylic acids is 3. The molecule has 0 aliphatic carbocycles. The van der Waals surface area contributed by atoms with Crippen molar-refractivity contribution in [1.29, 1.82) is 0 Å². The van der Waals surface area contributed by atoms with E-state index >= 15 is 0 Å². The van der Waals surface area contributed by atoms with E-state index in [0.29, 0.717) is 23.5 Å². The molecule has 7 heteroatoms. The molecule has 0 radical (unpaired) electrons. The predicted molar refractivity (Wildman–Crippen MR) is 111 cm³/mol. The molecule has 0 heterocycles. The molecule has 7 nitrogen and oxygen atoms in total. The topological polar surface area (TPSA) is 99.3 Å². The van der Waals surface area contributed by atoms with Gasteiger partial charge >= 0.3 is 0 Å². The summed E-state index contributed by atoms with van der Waals surface area (Å²) in [4.78, 5) is 35.5. The van der Waals surface area contributed by atoms with Crippen molar-refractivity contribution in [3.05, 3.63) is 54.1 Å². The van der Waals surface area contributed by atoms with Crippen molar-refractivity contribution < 1.29 is 14.4 Å². The lowest BCUT2D eigenvalue weighted by Crippen LogP contribution is -2.23. The average molecular weight is 382 g/mol. The summed E-state index contributed by atoms with van der Waals surface area (Å²) in [5.41, 5.74) is 2.64. The Morgan fingerprint density at radius 1 is 0.821 bits per heavy atom. The zero-order valence-electron chi connectivity index (χ0n) is 16.3. The van der Waals surface area contributed by atoms with Crippen molar-refractivity contribution in [3.63, 3.8) is 0 Å². The summed E-state index contributed by atoms with van der Waals surface area (Å²) >= 11 is 0. The number of benzene rings is 2. The van der Waals surface area contributed by atoms with E-state index in [9.17, 15) is 14.4 Å². The van der Waals surface area contributed by atoms with Gasteiger partial charge in [-0.05, 0) is 55.5 Å². The van der Waals surface area contributed by atoms with Crippen LogP contribution in [0, 0.1) is 5.92 Å². The highest BCUT2D eigenvalue weighted by molar-refractivity contribution is 5.96. The third-order valence-electron chi connectivity index (χ3n) is 3.90. The first-order chi connectivity index (χ1) is 13.4. The molecule has 0 aliphatic heterocycles. The van der Waals surface area contributed by atoms with Gasteiger partial charge in [-0.25, -0.2) is 0 Å². The van der Waals surface area contributed by atoms with Crippen LogP contribution in [0.5, 0.6) is 0 Å². The Kier molecular flexibility index (Phi) is 7.56. The molecule has 0 aliphatic rings. The molecule has 2 aromatic carbocycles. The molecule has 0 aromatic heterocycles. The third-order valence-corrected chi connectivity index (χ3v) is 3.90. The van der Waals surface area contributed by atoms with Crippen LogP contribution in [0.4, 0.5) is 17.1 Å². The van der Waals surface area contributed by atoms with Crippen LogP contribution in [0.1, 0.15) is 31.1 Å². The van der Waals surface area contributed by atoms with E-state index in [-0.39, 0.29) is 30.2 Å². The van der Waals surface area contributed by atoms with E-state index < -0.39 is 0 Å². The lowest BCUT2D eigenvalue weighted by atomic mass is 10.2. The molecule has 0 saturated heterocycles. The minimum Gasteiger partial charge on any atom is -0.376 e. The van der Waals surface area contributed by atoms with E-state index in [0.717, 1.165) is 5.69 Å². The fourth-order valence-electron chi connectivity index (χ4n) is 2.31. The van der Waals surface area contributed by atoms with E-state index in [2.05, 4.69) is 21.3 Å². The Hall–Kier alpha value is -3.35. The largest absolute Gasteiger partial charge is 0.376 e. The molecule has 0 saturated carbocycles. The smallest absolute Gasteiger partial charge is 0.251 e. The number of anilines is 3. The maximum Gasteiger partial charge on any atom is 0.251 e. The van der Waals surface area contributed by atoms with E-state index in [1.165, 1.54) is 0 Å². The second-order valence-electron chi connectivity index (χ2n) is 6.56. The molecule has 0 bridgehead atoms. The molecule has 0 atom stereocenters. The maximum atomic E-state index is 12.1. The van der Waals surface area contributed by atoms with Gasteiger partial charge in [0.25, 0.3) is 5.91 Å². The standard InChI is InChI=1S/C21H26N4O3/c1-4-22-21(28)15-5-7-17(8-6-15)24-19(26)13-23-16-9-11-18(12-10-16)25-20(27)14(2)3/h5-12,14,23H,4,13H2,1-3H3,(H,22,28)(H,24,26)(H,25,27). The van der Waals surface area contributed by atoms with Crippen molar-refractivity contribution >= 4 is 34.8 Å². The Balaban J connectivity index is 1.82. The van der Waals surface area contributed by atoms with Gasteiger partial charge in [0.1, 0.15) is 0 Å². The second-order valence-corrected chi connectivity index (χ2v) is 6.56. The summed E-state index contributed by atoms with van der Waals surface area (Å²) in [6.45, 7) is 6.17. The van der Waals surface area contributed by atoms with Gasteiger partial charge in [-0.15, -0.1) is 0 Å². The number of rotatable bonds is 8. The van der Waals surface area contributed by atoms with Gasteiger partial charge in [-0.3, -0.25) is 14.4 Å². The molecule has 148 valence electrons. The number of hydrogen-bond donors (Lipinski definition) is 4. The first-order valence-corrected chi connectivity index (χ1v) is 9.22. The summed E-state index contributed by atoms with van der Waals surface area (Å²) in [5.74, 6) is -0.479. The zero-order chi connectivity index (χ0) is 20.5. The first-order valence-electron chi connectivity index (χ1n) is 9.22. The Labute approximate surface area is 164 Å². The summed E-state index contributed by atoms with van der Waals surface area (Å²) in [5, 5.41) is 11.3. The predicted octanol–water partition coefficient (Wildman–Crippen LogP) is 3.08. The average Bonchev–Trinajstić information content (AvgIpc) is 2.68. The molecule has 0 fully saturated rings. The minimum absolute atomic E-state index is 0.0433. The van der Waals surface area contributed by atoms with Gasteiger partial charge in [-0.1, -0.05) is 13.8 Å². The second kappa shape index (κ2) is 10.1. The summed E-state index contributed by atoms with van der Waals surface area (Å²) in [6, 6.07) is 13.9. The summed E-state index contributed by atoms with van der Waals surface area (Å²) in [7, 11) is 0. The quantitative estimate of drug-likeness (QED) is 0.564. The number of carbonyl (C=O) groups is 3. The first kappa shape index (κ1) is 21.0. The fraction of sp³-hybridized carbons (Fsp3) is 0.286. The van der Waals surface area contributed by atoms with Gasteiger partial charge in [0.05, 0.1) is 6.54 Å². The molecule has 3 amide bonds. The maximum absolute atomic E-state index is 12.1. The molecule has 28 heavy (non-hydrogen) atoms. The highest BCUT2D eigenvalue weighted by Gasteiger charge is 2.08. The van der Waals surface area contributed by atoms with Crippen LogP contribution in [0.25, 0.3) is 0 Å². The number of nitrogens with one attached hydrogen (secondary N) is 4. The van der Waals surface area contributed by atoms with Crippen LogP contribution in [0.3, 0.4) is 0 Å². The van der Waals surface area contributed by atoms with Crippen LogP contribution in [-0.2, 0) is 9.59 Å². The summed E-state index contributed by atoms with van der Waals surface area (Å²) in [6.07, 6.45) is 0. The Morgan fingerprint density at radius 3 is 1.93 bits per heavy atom. The molecule has 0 unspecified atom stereocenters. The lowest BCUT2D eigenvalue weighted by Gasteiger charge is -2.10. The van der Waals surface area contributed by atoms with E-state index in [1.54, 1.807) is 48.5 Å². The molecular formula is C21H26N4O3. The van der Waals surface area contributed by atoms with Crippen molar-refractivity contribution in [2.24, 2.45) is 5.92 Å². The van der Waals surface area contributed by atoms with Crippen LogP contribution in [0.15, 0.2) is 48.5 Å². The third kappa shape index (κ3) is 6.42. The number of hydrogen-bond acceptors (Lipinski definition) is 4. The zero-order valence-corrected chi connectivity index (χ0v) is 16.3. The van der Waals surface area contributed by atoms with Crippen LogP contribution >= 0.6 is 0 Å². The fourth-order valence-corrected chi connectivity index (χ4v) is 2.31. The Morgan fingerprint density at radius 2 is 1.36 bits per heavy atom. The highest BCUT2D eigenvalue weighted by Crippen LogP contribution is 2.14. The van der Waals surface area contributed by atoms with Gasteiger partial charge in [-0.2, -0.15) is 0 Å². The SMILES string of the molecule is CCNC(=O)c1ccc(NC(=O)CNc2ccc(NC(=O)C(C)C)cc2)cc1. The van der Waals surface area contributed by atoms with Gasteiger partial charge < -0.3 is 21.3 Å². The minimum atomic E-state index is -0.206. The molecule has 2 aromatic rings. The summed E-state index contributed by atoms with van der Waals surface area (Å²) < 4.78 is 0. The van der Waals surface area contributed by atoms with Crippen molar-refractivity contribution in [2.45, 2.75) is 20.8 Å². The number of amides is 3. The van der Waals surface area contributed by atoms with Gasteiger partial charge in [0, 0.05) is 35.1 Å². The van der Waals surface area contributed by atoms with Crippen molar-refractivity contribution in [3.8, 4) is 0 Å². The van der Waals surface area contributed by atoms with Crippen LogP contribution in [-0.4, -0.2) is 30.8 Å². The molecular weight excluding hydrogens is 356 g/mol. The van der Waals surface area contributed by atoms with E-state index in [1.807, 2.05) is 20.8 Å². The molecule has 0 spiro atoms. The lowest BCUT2D eigenvalue weighted by molar-refractivity contribution is -0.119. The van der Waals surface area contributed by atoms with Crippen molar-refractivity contribution in [1.82, 2.24) is 5.32 Å². The molecule has 4 N–H and O–H groups in total. The molecule has 2 rings (SSSR count). The Bertz CT molecular complexity index is 815. The van der Waals surface area contributed by atoms with Crippen molar-refractivity contribution in [2.75, 3.05) is 29.0 Å².